The van der Waals surface area contributed by atoms with Crippen LogP contribution in [0.2, 0.25) is 0 Å². The molecule has 1 fully saturated rings. The fraction of sp³-hybridized carbons (Fsp3) is 0.333. The lowest BCUT2D eigenvalue weighted by Gasteiger charge is -2.27. The Hall–Kier alpha value is -2.76. The SMILES string of the molecule is Cc1csc(-c2cc(S(=O)(=O)Nc3ccc(F)cc3C)cn2CC(=O)N2CCOCC2)n1. The number of aromatic nitrogens is 2. The summed E-state index contributed by atoms with van der Waals surface area (Å²) in [6.45, 7) is 5.43. The number of anilines is 1. The lowest BCUT2D eigenvalue weighted by Crippen LogP contribution is -2.42. The molecule has 1 aliphatic rings. The maximum absolute atomic E-state index is 13.4. The molecule has 0 bridgehead atoms. The largest absolute Gasteiger partial charge is 0.378 e. The highest BCUT2D eigenvalue weighted by atomic mass is 32.2. The van der Waals surface area contributed by atoms with Gasteiger partial charge in [-0.05, 0) is 43.7 Å². The maximum Gasteiger partial charge on any atom is 0.263 e. The Morgan fingerprint density at radius 3 is 2.66 bits per heavy atom. The molecule has 1 N–H and O–H groups in total. The highest BCUT2D eigenvalue weighted by Gasteiger charge is 2.24. The topological polar surface area (TPSA) is 93.5 Å². The van der Waals surface area contributed by atoms with Crippen LogP contribution in [0.15, 0.2) is 40.7 Å². The summed E-state index contributed by atoms with van der Waals surface area (Å²) in [5.41, 5.74) is 2.10. The number of aryl methyl sites for hydroxylation is 2. The van der Waals surface area contributed by atoms with E-state index in [2.05, 4.69) is 9.71 Å². The standard InChI is InChI=1S/C21H23FN4O4S2/c1-14-9-16(22)3-4-18(14)24-32(28,29)17-10-19(21-23-15(2)13-31-21)26(11-17)12-20(27)25-5-7-30-8-6-25/h3-4,9-11,13,24H,5-8,12H2,1-2H3. The molecule has 32 heavy (non-hydrogen) atoms. The van der Waals surface area contributed by atoms with Gasteiger partial charge >= 0.3 is 0 Å². The number of hydrogen-bond acceptors (Lipinski definition) is 6. The Morgan fingerprint density at radius 1 is 1.25 bits per heavy atom. The number of halogens is 1. The molecular formula is C21H23FN4O4S2. The fourth-order valence-electron chi connectivity index (χ4n) is 3.42. The Bertz CT molecular complexity index is 1250. The summed E-state index contributed by atoms with van der Waals surface area (Å²) in [6, 6.07) is 5.34. The molecule has 2 aromatic heterocycles. The van der Waals surface area contributed by atoms with Crippen molar-refractivity contribution in [2.75, 3.05) is 31.0 Å². The molecule has 170 valence electrons. The first-order valence-corrected chi connectivity index (χ1v) is 12.4. The van der Waals surface area contributed by atoms with Crippen molar-refractivity contribution in [1.29, 1.82) is 0 Å². The van der Waals surface area contributed by atoms with Crippen molar-refractivity contribution < 1.29 is 22.3 Å². The predicted molar refractivity (Wildman–Crippen MR) is 120 cm³/mol. The molecule has 0 saturated carbocycles. The van der Waals surface area contributed by atoms with E-state index >= 15 is 0 Å². The molecule has 0 atom stereocenters. The van der Waals surface area contributed by atoms with Crippen molar-refractivity contribution in [2.45, 2.75) is 25.3 Å². The molecule has 0 aliphatic carbocycles. The van der Waals surface area contributed by atoms with Crippen molar-refractivity contribution in [1.82, 2.24) is 14.5 Å². The Morgan fingerprint density at radius 2 is 2.00 bits per heavy atom. The number of hydrogen-bond donors (Lipinski definition) is 1. The first kappa shape index (κ1) is 22.4. The van der Waals surface area contributed by atoms with E-state index in [1.54, 1.807) is 16.4 Å². The summed E-state index contributed by atoms with van der Waals surface area (Å²) in [6.07, 6.45) is 1.44. The molecule has 3 heterocycles. The second-order valence-electron chi connectivity index (χ2n) is 7.54. The quantitative estimate of drug-likeness (QED) is 0.588. The van der Waals surface area contributed by atoms with Crippen molar-refractivity contribution in [3.05, 3.63) is 52.9 Å². The molecule has 1 aliphatic heterocycles. The average Bonchev–Trinajstić information content (AvgIpc) is 3.37. The second kappa shape index (κ2) is 9.00. The van der Waals surface area contributed by atoms with E-state index in [-0.39, 0.29) is 23.0 Å². The van der Waals surface area contributed by atoms with Gasteiger partial charge in [-0.15, -0.1) is 11.3 Å². The summed E-state index contributed by atoms with van der Waals surface area (Å²) >= 11 is 1.38. The maximum atomic E-state index is 13.4. The Labute approximate surface area is 189 Å². The number of morpholine rings is 1. The van der Waals surface area contributed by atoms with Crippen LogP contribution in [0.4, 0.5) is 10.1 Å². The first-order valence-electron chi connectivity index (χ1n) is 10.00. The van der Waals surface area contributed by atoms with Crippen molar-refractivity contribution in [2.24, 2.45) is 0 Å². The molecule has 3 aromatic rings. The number of benzene rings is 1. The van der Waals surface area contributed by atoms with Crippen LogP contribution in [0.1, 0.15) is 11.3 Å². The summed E-state index contributed by atoms with van der Waals surface area (Å²) in [7, 11) is -3.97. The van der Waals surface area contributed by atoms with Crippen LogP contribution >= 0.6 is 11.3 Å². The normalized spacial score (nSPS) is 14.5. The number of rotatable bonds is 6. The van der Waals surface area contributed by atoms with E-state index in [9.17, 15) is 17.6 Å². The van der Waals surface area contributed by atoms with E-state index in [4.69, 9.17) is 4.74 Å². The zero-order valence-electron chi connectivity index (χ0n) is 17.7. The molecule has 1 aromatic carbocycles. The molecular weight excluding hydrogens is 455 g/mol. The zero-order valence-corrected chi connectivity index (χ0v) is 19.3. The number of ether oxygens (including phenoxy) is 1. The molecule has 0 spiro atoms. The minimum absolute atomic E-state index is 0.00106. The van der Waals surface area contributed by atoms with Gasteiger partial charge in [0.25, 0.3) is 10.0 Å². The van der Waals surface area contributed by atoms with Crippen LogP contribution < -0.4 is 4.72 Å². The Balaban J connectivity index is 1.67. The molecule has 11 heteroatoms. The first-order chi connectivity index (χ1) is 15.2. The van der Waals surface area contributed by atoms with Gasteiger partial charge in [0.1, 0.15) is 22.3 Å². The number of nitrogens with one attached hydrogen (secondary N) is 1. The van der Waals surface area contributed by atoms with E-state index < -0.39 is 15.8 Å². The van der Waals surface area contributed by atoms with E-state index in [1.807, 2.05) is 12.3 Å². The van der Waals surface area contributed by atoms with Gasteiger partial charge in [-0.3, -0.25) is 9.52 Å². The summed E-state index contributed by atoms with van der Waals surface area (Å²) in [4.78, 5) is 19.0. The van der Waals surface area contributed by atoms with Crippen LogP contribution in [0.5, 0.6) is 0 Å². The van der Waals surface area contributed by atoms with Gasteiger partial charge in [0.15, 0.2) is 0 Å². The minimum Gasteiger partial charge on any atom is -0.378 e. The van der Waals surface area contributed by atoms with E-state index in [1.165, 1.54) is 41.8 Å². The van der Waals surface area contributed by atoms with Crippen molar-refractivity contribution in [3.8, 4) is 10.7 Å². The molecule has 0 radical (unpaired) electrons. The van der Waals surface area contributed by atoms with Crippen LogP contribution in [0.25, 0.3) is 10.7 Å². The second-order valence-corrected chi connectivity index (χ2v) is 10.1. The number of thiazole rings is 1. The monoisotopic (exact) mass is 478 g/mol. The van der Waals surface area contributed by atoms with Gasteiger partial charge in [0.2, 0.25) is 5.91 Å². The minimum atomic E-state index is -3.97. The van der Waals surface area contributed by atoms with Crippen LogP contribution in [0.3, 0.4) is 0 Å². The summed E-state index contributed by atoms with van der Waals surface area (Å²) in [5, 5.41) is 2.49. The van der Waals surface area contributed by atoms with E-state index in [0.717, 1.165) is 5.69 Å². The predicted octanol–water partition coefficient (Wildman–Crippen LogP) is 3.03. The molecule has 1 amide bonds. The molecule has 4 rings (SSSR count). The fourth-order valence-corrected chi connectivity index (χ4v) is 5.41. The number of carbonyl (C=O) groups excluding carboxylic acids is 1. The van der Waals surface area contributed by atoms with Gasteiger partial charge in [-0.25, -0.2) is 17.8 Å². The number of amides is 1. The van der Waals surface area contributed by atoms with Gasteiger partial charge in [0, 0.05) is 30.4 Å². The third-order valence-electron chi connectivity index (χ3n) is 5.12. The smallest absolute Gasteiger partial charge is 0.263 e. The summed E-state index contributed by atoms with van der Waals surface area (Å²) < 4.78 is 49.0. The van der Waals surface area contributed by atoms with Crippen molar-refractivity contribution in [3.63, 3.8) is 0 Å². The van der Waals surface area contributed by atoms with Crippen LogP contribution in [-0.2, 0) is 26.1 Å². The molecule has 1 saturated heterocycles. The Kier molecular flexibility index (Phi) is 6.31. The third-order valence-corrected chi connectivity index (χ3v) is 7.44. The number of carbonyl (C=O) groups is 1. The molecule has 8 nitrogen and oxygen atoms in total. The lowest BCUT2D eigenvalue weighted by atomic mass is 10.2. The number of nitrogens with zero attached hydrogens (tertiary/aromatic N) is 3. The highest BCUT2D eigenvalue weighted by molar-refractivity contribution is 7.92. The third kappa shape index (κ3) is 4.84. The average molecular weight is 479 g/mol. The van der Waals surface area contributed by atoms with Gasteiger partial charge in [0.05, 0.1) is 24.6 Å². The summed E-state index contributed by atoms with van der Waals surface area (Å²) in [5.74, 6) is -0.565. The van der Waals surface area contributed by atoms with Gasteiger partial charge < -0.3 is 14.2 Å². The van der Waals surface area contributed by atoms with Gasteiger partial charge in [-0.2, -0.15) is 0 Å². The van der Waals surface area contributed by atoms with E-state index in [0.29, 0.717) is 42.6 Å². The van der Waals surface area contributed by atoms with Gasteiger partial charge in [-0.1, -0.05) is 0 Å². The lowest BCUT2D eigenvalue weighted by molar-refractivity contribution is -0.135. The highest BCUT2D eigenvalue weighted by Crippen LogP contribution is 2.29. The zero-order chi connectivity index (χ0) is 22.9. The van der Waals surface area contributed by atoms with Crippen LogP contribution in [0, 0.1) is 19.7 Å². The van der Waals surface area contributed by atoms with Crippen molar-refractivity contribution >= 4 is 33.0 Å². The number of sulfonamides is 1. The molecule has 0 unspecified atom stereocenters. The van der Waals surface area contributed by atoms with Crippen LogP contribution in [-0.4, -0.2) is 55.1 Å².